The van der Waals surface area contributed by atoms with Crippen LogP contribution in [0.2, 0.25) is 0 Å². The number of nitrogens with zero attached hydrogens (tertiary/aromatic N) is 4. The van der Waals surface area contributed by atoms with Crippen molar-refractivity contribution in [1.82, 2.24) is 15.0 Å². The van der Waals surface area contributed by atoms with Crippen LogP contribution in [0.3, 0.4) is 0 Å². The van der Waals surface area contributed by atoms with Gasteiger partial charge in [0.15, 0.2) is 5.82 Å². The molecule has 0 amide bonds. The number of hydrogen-bond donors (Lipinski definition) is 0. The lowest BCUT2D eigenvalue weighted by Crippen LogP contribution is -2.43. The van der Waals surface area contributed by atoms with Gasteiger partial charge in [-0.05, 0) is 56.5 Å². The number of benzene rings is 1. The van der Waals surface area contributed by atoms with Gasteiger partial charge in [-0.3, -0.25) is 4.90 Å². The average molecular weight is 360 g/mol. The largest absolute Gasteiger partial charge is 0.371 e. The molecule has 0 saturated carbocycles. The molecule has 1 fully saturated rings. The van der Waals surface area contributed by atoms with E-state index in [0.717, 1.165) is 55.3 Å². The lowest BCUT2D eigenvalue weighted by molar-refractivity contribution is 0.193. The van der Waals surface area contributed by atoms with Crippen molar-refractivity contribution in [3.63, 3.8) is 0 Å². The van der Waals surface area contributed by atoms with E-state index < -0.39 is 0 Å². The SMILES string of the molecule is Cc1cc(F)ccc1N1CCC(N(C)Cc2noc(CC(C)C)n2)CC1. The quantitative estimate of drug-likeness (QED) is 0.784. The first-order chi connectivity index (χ1) is 12.4. The van der Waals surface area contributed by atoms with Gasteiger partial charge in [-0.25, -0.2) is 4.39 Å². The van der Waals surface area contributed by atoms with Crippen molar-refractivity contribution < 1.29 is 8.91 Å². The smallest absolute Gasteiger partial charge is 0.226 e. The van der Waals surface area contributed by atoms with Crippen molar-refractivity contribution in [2.45, 2.75) is 52.6 Å². The standard InChI is InChI=1S/C20H29FN4O/c1-14(2)11-20-22-19(23-26-20)13-24(4)17-7-9-25(10-8-17)18-6-5-16(21)12-15(18)3/h5-6,12,14,17H,7-11,13H2,1-4H3. The first-order valence-corrected chi connectivity index (χ1v) is 9.45. The molecule has 0 unspecified atom stereocenters. The van der Waals surface area contributed by atoms with Crippen LogP contribution in [0, 0.1) is 18.7 Å². The molecule has 2 aromatic rings. The van der Waals surface area contributed by atoms with E-state index in [4.69, 9.17) is 4.52 Å². The van der Waals surface area contributed by atoms with Gasteiger partial charge in [0.05, 0.1) is 6.54 Å². The molecule has 2 heterocycles. The van der Waals surface area contributed by atoms with Gasteiger partial charge in [-0.15, -0.1) is 0 Å². The molecule has 0 radical (unpaired) electrons. The number of hydrogen-bond acceptors (Lipinski definition) is 5. The zero-order chi connectivity index (χ0) is 18.7. The molecule has 0 N–H and O–H groups in total. The number of aryl methyl sites for hydroxylation is 1. The summed E-state index contributed by atoms with van der Waals surface area (Å²) in [7, 11) is 2.13. The second-order valence-corrected chi connectivity index (χ2v) is 7.77. The van der Waals surface area contributed by atoms with Gasteiger partial charge in [0.2, 0.25) is 5.89 Å². The van der Waals surface area contributed by atoms with Crippen LogP contribution in [-0.2, 0) is 13.0 Å². The third-order valence-electron chi connectivity index (χ3n) is 5.07. The lowest BCUT2D eigenvalue weighted by Gasteiger charge is -2.38. The van der Waals surface area contributed by atoms with E-state index in [1.165, 1.54) is 0 Å². The number of halogens is 1. The Hall–Kier alpha value is -1.95. The third kappa shape index (κ3) is 4.61. The van der Waals surface area contributed by atoms with E-state index in [-0.39, 0.29) is 5.82 Å². The summed E-state index contributed by atoms with van der Waals surface area (Å²) in [5.41, 5.74) is 2.14. The topological polar surface area (TPSA) is 45.4 Å². The third-order valence-corrected chi connectivity index (χ3v) is 5.07. The van der Waals surface area contributed by atoms with Crippen molar-refractivity contribution in [1.29, 1.82) is 0 Å². The van der Waals surface area contributed by atoms with E-state index in [2.05, 4.69) is 40.8 Å². The number of rotatable bonds is 6. The Morgan fingerprint density at radius 1 is 1.31 bits per heavy atom. The van der Waals surface area contributed by atoms with Crippen molar-refractivity contribution in [3.05, 3.63) is 41.3 Å². The van der Waals surface area contributed by atoms with Gasteiger partial charge in [0.25, 0.3) is 0 Å². The van der Waals surface area contributed by atoms with Crippen molar-refractivity contribution in [2.75, 3.05) is 25.0 Å². The second-order valence-electron chi connectivity index (χ2n) is 7.77. The molecular formula is C20H29FN4O. The molecule has 142 valence electrons. The van der Waals surface area contributed by atoms with Crippen molar-refractivity contribution >= 4 is 5.69 Å². The van der Waals surface area contributed by atoms with Crippen LogP contribution in [0.4, 0.5) is 10.1 Å². The summed E-state index contributed by atoms with van der Waals surface area (Å²) in [4.78, 5) is 9.18. The maximum Gasteiger partial charge on any atom is 0.226 e. The highest BCUT2D eigenvalue weighted by Crippen LogP contribution is 2.26. The fraction of sp³-hybridized carbons (Fsp3) is 0.600. The molecule has 5 nitrogen and oxygen atoms in total. The Labute approximate surface area is 155 Å². The minimum Gasteiger partial charge on any atom is -0.371 e. The molecule has 1 aliphatic heterocycles. The van der Waals surface area contributed by atoms with Crippen LogP contribution < -0.4 is 4.90 Å². The fourth-order valence-corrected chi connectivity index (χ4v) is 3.66. The molecule has 3 rings (SSSR count). The first-order valence-electron chi connectivity index (χ1n) is 9.45. The zero-order valence-electron chi connectivity index (χ0n) is 16.2. The van der Waals surface area contributed by atoms with Crippen LogP contribution in [0.1, 0.15) is 44.0 Å². The molecule has 1 aliphatic rings. The maximum atomic E-state index is 13.3. The molecule has 1 aromatic carbocycles. The monoisotopic (exact) mass is 360 g/mol. The molecule has 0 atom stereocenters. The number of aromatic nitrogens is 2. The van der Waals surface area contributed by atoms with E-state index >= 15 is 0 Å². The summed E-state index contributed by atoms with van der Waals surface area (Å²) in [6, 6.07) is 5.55. The van der Waals surface area contributed by atoms with E-state index in [0.29, 0.717) is 18.5 Å². The molecule has 1 saturated heterocycles. The Morgan fingerprint density at radius 3 is 2.69 bits per heavy atom. The van der Waals surface area contributed by atoms with Crippen molar-refractivity contribution in [2.24, 2.45) is 5.92 Å². The van der Waals surface area contributed by atoms with Crippen LogP contribution in [0.5, 0.6) is 0 Å². The summed E-state index contributed by atoms with van der Waals surface area (Å²) < 4.78 is 18.7. The molecular weight excluding hydrogens is 331 g/mol. The summed E-state index contributed by atoms with van der Waals surface area (Å²) in [5, 5.41) is 4.11. The minimum absolute atomic E-state index is 0.169. The van der Waals surface area contributed by atoms with E-state index in [1.807, 2.05) is 13.0 Å². The summed E-state index contributed by atoms with van der Waals surface area (Å²) in [5.74, 6) is 1.84. The summed E-state index contributed by atoms with van der Waals surface area (Å²) >= 11 is 0. The molecule has 1 aromatic heterocycles. The highest BCUT2D eigenvalue weighted by molar-refractivity contribution is 5.53. The van der Waals surface area contributed by atoms with Crippen LogP contribution >= 0.6 is 0 Å². The second kappa shape index (κ2) is 8.16. The molecule has 26 heavy (non-hydrogen) atoms. The Bertz CT molecular complexity index is 722. The molecule has 0 aliphatic carbocycles. The molecule has 6 heteroatoms. The average Bonchev–Trinajstić information content (AvgIpc) is 3.01. The molecule has 0 spiro atoms. The van der Waals surface area contributed by atoms with Gasteiger partial charge in [-0.1, -0.05) is 19.0 Å². The Morgan fingerprint density at radius 2 is 2.04 bits per heavy atom. The van der Waals surface area contributed by atoms with Crippen LogP contribution in [0.25, 0.3) is 0 Å². The van der Waals surface area contributed by atoms with E-state index in [1.54, 1.807) is 12.1 Å². The van der Waals surface area contributed by atoms with Gasteiger partial charge in [0.1, 0.15) is 5.82 Å². The lowest BCUT2D eigenvalue weighted by atomic mass is 10.0. The number of anilines is 1. The van der Waals surface area contributed by atoms with Crippen LogP contribution in [-0.4, -0.2) is 41.2 Å². The summed E-state index contributed by atoms with van der Waals surface area (Å²) in [6.45, 7) is 8.93. The van der Waals surface area contributed by atoms with Gasteiger partial charge in [0, 0.05) is 31.2 Å². The zero-order valence-corrected chi connectivity index (χ0v) is 16.2. The summed E-state index contributed by atoms with van der Waals surface area (Å²) in [6.07, 6.45) is 2.97. The number of piperidine rings is 1. The Kier molecular flexibility index (Phi) is 5.91. The predicted molar refractivity (Wildman–Crippen MR) is 101 cm³/mol. The highest BCUT2D eigenvalue weighted by atomic mass is 19.1. The normalized spacial score (nSPS) is 16.0. The predicted octanol–water partition coefficient (Wildman–Crippen LogP) is 3.82. The fourth-order valence-electron chi connectivity index (χ4n) is 3.66. The minimum atomic E-state index is -0.169. The van der Waals surface area contributed by atoms with Gasteiger partial charge >= 0.3 is 0 Å². The van der Waals surface area contributed by atoms with E-state index in [9.17, 15) is 4.39 Å². The maximum absolute atomic E-state index is 13.3. The highest BCUT2D eigenvalue weighted by Gasteiger charge is 2.24. The van der Waals surface area contributed by atoms with Crippen molar-refractivity contribution in [3.8, 4) is 0 Å². The molecule has 0 bridgehead atoms. The van der Waals surface area contributed by atoms with Gasteiger partial charge < -0.3 is 9.42 Å². The first kappa shape index (κ1) is 18.8. The van der Waals surface area contributed by atoms with Gasteiger partial charge in [-0.2, -0.15) is 4.98 Å². The Balaban J connectivity index is 1.53. The van der Waals surface area contributed by atoms with Crippen LogP contribution in [0.15, 0.2) is 22.7 Å².